The number of likely N-dealkylation sites (tertiary alicyclic amines) is 1. The molecule has 2 N–H and O–H groups in total. The topological polar surface area (TPSA) is 99.2 Å². The second-order valence-electron chi connectivity index (χ2n) is 7.51. The number of aliphatic hydroxyl groups excluding tert-OH is 1. The van der Waals surface area contributed by atoms with Gasteiger partial charge >= 0.3 is 6.09 Å². The predicted molar refractivity (Wildman–Crippen MR) is 97.5 cm³/mol. The molecule has 0 aromatic carbocycles. The van der Waals surface area contributed by atoms with Crippen molar-refractivity contribution in [2.24, 2.45) is 0 Å². The zero-order valence-corrected chi connectivity index (χ0v) is 16.2. The van der Waals surface area contributed by atoms with Crippen molar-refractivity contribution in [1.29, 1.82) is 0 Å². The van der Waals surface area contributed by atoms with Crippen molar-refractivity contribution < 1.29 is 24.2 Å². The van der Waals surface area contributed by atoms with Gasteiger partial charge in [-0.25, -0.2) is 4.79 Å². The number of likely N-dealkylation sites (N-methyl/N-ethyl adjacent to an activating group) is 1. The Morgan fingerprint density at radius 2 is 1.88 bits per heavy atom. The van der Waals surface area contributed by atoms with E-state index in [1.54, 1.807) is 32.6 Å². The Balaban J connectivity index is 2.63. The van der Waals surface area contributed by atoms with Crippen LogP contribution in [0.15, 0.2) is 12.7 Å². The molecule has 0 atom stereocenters. The molecule has 1 aliphatic heterocycles. The molecule has 0 spiro atoms. The first-order valence-electron chi connectivity index (χ1n) is 8.87. The van der Waals surface area contributed by atoms with Crippen LogP contribution in [0.1, 0.15) is 40.5 Å². The van der Waals surface area contributed by atoms with Crippen molar-refractivity contribution in [3.05, 3.63) is 12.7 Å². The largest absolute Gasteiger partial charge is 0.444 e. The minimum atomic E-state index is -0.799. The maximum atomic E-state index is 12.3. The van der Waals surface area contributed by atoms with Crippen molar-refractivity contribution in [2.75, 3.05) is 32.8 Å². The normalized spacial score (nSPS) is 16.6. The number of nitrogens with zero attached hydrogens (tertiary/aromatic N) is 2. The monoisotopic (exact) mass is 369 g/mol. The van der Waals surface area contributed by atoms with Gasteiger partial charge in [0, 0.05) is 19.6 Å². The standard InChI is InChI=1S/C18H31N3O5/c1-6-15(24)20(7-2)12-14(23)19-18(13-22)8-10-21(11-9-18)16(25)26-17(3,4)5/h6,22H,1,7-13H2,2-5H3,(H,19,23). The second kappa shape index (κ2) is 9.02. The number of ether oxygens (including phenoxy) is 1. The summed E-state index contributed by atoms with van der Waals surface area (Å²) in [5, 5.41) is 12.6. The lowest BCUT2D eigenvalue weighted by atomic mass is 9.88. The third-order valence-corrected chi connectivity index (χ3v) is 4.28. The summed E-state index contributed by atoms with van der Waals surface area (Å²) in [5.74, 6) is -0.665. The summed E-state index contributed by atoms with van der Waals surface area (Å²) in [6.45, 7) is 11.4. The van der Waals surface area contributed by atoms with Crippen molar-refractivity contribution in [1.82, 2.24) is 15.1 Å². The summed E-state index contributed by atoms with van der Waals surface area (Å²) in [4.78, 5) is 39.1. The molecule has 8 nitrogen and oxygen atoms in total. The van der Waals surface area contributed by atoms with E-state index in [-0.39, 0.29) is 25.0 Å². The SMILES string of the molecule is C=CC(=O)N(CC)CC(=O)NC1(CO)CCN(C(=O)OC(C)(C)C)CC1. The Morgan fingerprint density at radius 3 is 2.31 bits per heavy atom. The summed E-state index contributed by atoms with van der Waals surface area (Å²) in [7, 11) is 0. The first-order valence-corrected chi connectivity index (χ1v) is 8.87. The zero-order valence-electron chi connectivity index (χ0n) is 16.2. The Hall–Kier alpha value is -2.09. The highest BCUT2D eigenvalue weighted by atomic mass is 16.6. The van der Waals surface area contributed by atoms with Crippen LogP contribution in [0, 0.1) is 0 Å². The van der Waals surface area contributed by atoms with Crippen LogP contribution in [0.2, 0.25) is 0 Å². The van der Waals surface area contributed by atoms with Crippen LogP contribution in [0.25, 0.3) is 0 Å². The van der Waals surface area contributed by atoms with Gasteiger partial charge in [0.2, 0.25) is 11.8 Å². The van der Waals surface area contributed by atoms with Gasteiger partial charge in [-0.3, -0.25) is 9.59 Å². The highest BCUT2D eigenvalue weighted by Crippen LogP contribution is 2.23. The maximum absolute atomic E-state index is 12.3. The van der Waals surface area contributed by atoms with Gasteiger partial charge in [-0.05, 0) is 46.6 Å². The van der Waals surface area contributed by atoms with Gasteiger partial charge in [0.25, 0.3) is 0 Å². The Bertz CT molecular complexity index is 533. The van der Waals surface area contributed by atoms with Crippen LogP contribution in [0.5, 0.6) is 0 Å². The number of hydrogen-bond donors (Lipinski definition) is 2. The molecule has 26 heavy (non-hydrogen) atoms. The molecular weight excluding hydrogens is 338 g/mol. The number of piperidine rings is 1. The number of amides is 3. The van der Waals surface area contributed by atoms with Crippen molar-refractivity contribution in [3.8, 4) is 0 Å². The van der Waals surface area contributed by atoms with E-state index in [1.807, 2.05) is 0 Å². The quantitative estimate of drug-likeness (QED) is 0.678. The van der Waals surface area contributed by atoms with E-state index in [9.17, 15) is 19.5 Å². The van der Waals surface area contributed by atoms with Crippen LogP contribution in [-0.4, -0.2) is 76.7 Å². The van der Waals surface area contributed by atoms with E-state index < -0.39 is 17.2 Å². The summed E-state index contributed by atoms with van der Waals surface area (Å²) >= 11 is 0. The van der Waals surface area contributed by atoms with Gasteiger partial charge in [-0.2, -0.15) is 0 Å². The van der Waals surface area contributed by atoms with Crippen molar-refractivity contribution >= 4 is 17.9 Å². The minimum Gasteiger partial charge on any atom is -0.444 e. The van der Waals surface area contributed by atoms with Gasteiger partial charge in [0.1, 0.15) is 5.60 Å². The fraction of sp³-hybridized carbons (Fsp3) is 0.722. The molecule has 0 radical (unpaired) electrons. The van der Waals surface area contributed by atoms with E-state index >= 15 is 0 Å². The fourth-order valence-corrected chi connectivity index (χ4v) is 2.75. The third-order valence-electron chi connectivity index (χ3n) is 4.28. The highest BCUT2D eigenvalue weighted by Gasteiger charge is 2.38. The molecule has 0 aromatic rings. The smallest absolute Gasteiger partial charge is 0.410 e. The van der Waals surface area contributed by atoms with Crippen LogP contribution < -0.4 is 5.32 Å². The molecular formula is C18H31N3O5. The molecule has 1 heterocycles. The molecule has 0 unspecified atom stereocenters. The number of rotatable bonds is 6. The lowest BCUT2D eigenvalue weighted by molar-refractivity contribution is -0.133. The van der Waals surface area contributed by atoms with E-state index in [2.05, 4.69) is 11.9 Å². The van der Waals surface area contributed by atoms with Gasteiger partial charge in [-0.15, -0.1) is 0 Å². The number of carbonyl (C=O) groups excluding carboxylic acids is 3. The van der Waals surface area contributed by atoms with Gasteiger partial charge < -0.3 is 25.0 Å². The first-order chi connectivity index (χ1) is 12.1. The van der Waals surface area contributed by atoms with E-state index in [0.29, 0.717) is 32.5 Å². The Labute approximate surface area is 155 Å². The average molecular weight is 369 g/mol. The number of carbonyl (C=O) groups is 3. The summed E-state index contributed by atoms with van der Waals surface area (Å²) in [6, 6.07) is 0. The van der Waals surface area contributed by atoms with Crippen molar-refractivity contribution in [3.63, 3.8) is 0 Å². The molecule has 1 fully saturated rings. The van der Waals surface area contributed by atoms with E-state index in [1.165, 1.54) is 4.90 Å². The molecule has 1 saturated heterocycles. The molecule has 1 aliphatic rings. The lowest BCUT2D eigenvalue weighted by Crippen LogP contribution is -2.60. The van der Waals surface area contributed by atoms with Crippen LogP contribution in [0.3, 0.4) is 0 Å². The molecule has 0 aromatic heterocycles. The Kier molecular flexibility index (Phi) is 7.62. The van der Waals surface area contributed by atoms with Gasteiger partial charge in [0.05, 0.1) is 18.7 Å². The molecule has 3 amide bonds. The summed E-state index contributed by atoms with van der Waals surface area (Å²) in [5.41, 5.74) is -1.37. The second-order valence-corrected chi connectivity index (χ2v) is 7.51. The fourth-order valence-electron chi connectivity index (χ4n) is 2.75. The number of hydrogen-bond acceptors (Lipinski definition) is 5. The van der Waals surface area contributed by atoms with Crippen LogP contribution in [-0.2, 0) is 14.3 Å². The third kappa shape index (κ3) is 6.33. The van der Waals surface area contributed by atoms with E-state index in [0.717, 1.165) is 6.08 Å². The lowest BCUT2D eigenvalue weighted by Gasteiger charge is -2.41. The van der Waals surface area contributed by atoms with Gasteiger partial charge in [0.15, 0.2) is 0 Å². The number of nitrogens with one attached hydrogen (secondary N) is 1. The van der Waals surface area contributed by atoms with Crippen LogP contribution in [0.4, 0.5) is 4.79 Å². The first kappa shape index (κ1) is 22.0. The molecule has 0 saturated carbocycles. The number of aliphatic hydroxyl groups is 1. The predicted octanol–water partition coefficient (Wildman–Crippen LogP) is 0.899. The molecule has 148 valence electrons. The zero-order chi connectivity index (χ0) is 20.0. The molecule has 1 rings (SSSR count). The van der Waals surface area contributed by atoms with Crippen molar-refractivity contribution in [2.45, 2.75) is 51.7 Å². The van der Waals surface area contributed by atoms with Crippen LogP contribution >= 0.6 is 0 Å². The summed E-state index contributed by atoms with van der Waals surface area (Å²) < 4.78 is 5.35. The van der Waals surface area contributed by atoms with Gasteiger partial charge in [-0.1, -0.05) is 6.58 Å². The maximum Gasteiger partial charge on any atom is 0.410 e. The molecule has 0 aliphatic carbocycles. The minimum absolute atomic E-state index is 0.0983. The highest BCUT2D eigenvalue weighted by molar-refractivity contribution is 5.91. The Morgan fingerprint density at radius 1 is 1.31 bits per heavy atom. The molecule has 8 heteroatoms. The summed E-state index contributed by atoms with van der Waals surface area (Å²) in [6.07, 6.45) is 1.59. The molecule has 0 bridgehead atoms. The van der Waals surface area contributed by atoms with E-state index in [4.69, 9.17) is 4.74 Å². The average Bonchev–Trinajstić information content (AvgIpc) is 2.58.